The summed E-state index contributed by atoms with van der Waals surface area (Å²) in [4.78, 5) is 12.3. The Bertz CT molecular complexity index is 174. The Kier molecular flexibility index (Phi) is 6.32. The van der Waals surface area contributed by atoms with E-state index in [0.717, 1.165) is 0 Å². The zero-order valence-electron chi connectivity index (χ0n) is 10.6. The molecular formula is C11H24N2O2. The first-order valence-corrected chi connectivity index (χ1v) is 5.44. The SMILES string of the molecule is C1CCNC1.CN(C)C(=O)OC(C)(C)C. The Hall–Kier alpha value is -0.770. The van der Waals surface area contributed by atoms with E-state index in [4.69, 9.17) is 4.74 Å². The highest BCUT2D eigenvalue weighted by molar-refractivity contribution is 5.67. The van der Waals surface area contributed by atoms with Crippen LogP contribution in [0.3, 0.4) is 0 Å². The molecule has 90 valence electrons. The lowest BCUT2D eigenvalue weighted by Crippen LogP contribution is -2.31. The van der Waals surface area contributed by atoms with E-state index < -0.39 is 0 Å². The molecule has 0 bridgehead atoms. The van der Waals surface area contributed by atoms with Crippen molar-refractivity contribution in [1.29, 1.82) is 0 Å². The first kappa shape index (κ1) is 14.2. The maximum atomic E-state index is 10.9. The number of hydrogen-bond acceptors (Lipinski definition) is 3. The van der Waals surface area contributed by atoms with Crippen molar-refractivity contribution in [3.63, 3.8) is 0 Å². The van der Waals surface area contributed by atoms with Gasteiger partial charge in [0, 0.05) is 14.1 Å². The third-order valence-electron chi connectivity index (χ3n) is 1.72. The minimum absolute atomic E-state index is 0.299. The molecule has 0 radical (unpaired) electrons. The Labute approximate surface area is 93.0 Å². The lowest BCUT2D eigenvalue weighted by atomic mass is 10.2. The highest BCUT2D eigenvalue weighted by atomic mass is 16.6. The summed E-state index contributed by atoms with van der Waals surface area (Å²) < 4.78 is 4.99. The summed E-state index contributed by atoms with van der Waals surface area (Å²) in [7, 11) is 3.32. The van der Waals surface area contributed by atoms with Gasteiger partial charge in [-0.3, -0.25) is 0 Å². The molecule has 0 spiro atoms. The number of nitrogens with one attached hydrogen (secondary N) is 1. The second-order valence-electron chi connectivity index (χ2n) is 4.83. The third-order valence-corrected chi connectivity index (χ3v) is 1.72. The normalized spacial score (nSPS) is 15.3. The summed E-state index contributed by atoms with van der Waals surface area (Å²) >= 11 is 0. The van der Waals surface area contributed by atoms with Gasteiger partial charge in [-0.2, -0.15) is 0 Å². The number of ether oxygens (including phenoxy) is 1. The smallest absolute Gasteiger partial charge is 0.409 e. The van der Waals surface area contributed by atoms with Gasteiger partial charge in [-0.05, 0) is 46.7 Å². The summed E-state index contributed by atoms with van der Waals surface area (Å²) in [5.41, 5.74) is -0.388. The van der Waals surface area contributed by atoms with Crippen molar-refractivity contribution in [3.05, 3.63) is 0 Å². The molecule has 1 N–H and O–H groups in total. The van der Waals surface area contributed by atoms with Gasteiger partial charge in [0.1, 0.15) is 5.60 Å². The first-order valence-electron chi connectivity index (χ1n) is 5.44. The summed E-state index contributed by atoms with van der Waals surface area (Å²) in [6.07, 6.45) is 2.48. The average molecular weight is 216 g/mol. The van der Waals surface area contributed by atoms with Gasteiger partial charge in [0.25, 0.3) is 0 Å². The fourth-order valence-corrected chi connectivity index (χ4v) is 0.978. The van der Waals surface area contributed by atoms with Crippen LogP contribution in [0.5, 0.6) is 0 Å². The van der Waals surface area contributed by atoms with E-state index in [-0.39, 0.29) is 11.7 Å². The fourth-order valence-electron chi connectivity index (χ4n) is 0.978. The number of amides is 1. The summed E-state index contributed by atoms with van der Waals surface area (Å²) in [5, 5.41) is 3.22. The molecule has 1 rings (SSSR count). The van der Waals surface area contributed by atoms with Gasteiger partial charge in [-0.15, -0.1) is 0 Å². The second kappa shape index (κ2) is 6.67. The van der Waals surface area contributed by atoms with Gasteiger partial charge in [-0.25, -0.2) is 4.79 Å². The predicted molar refractivity (Wildman–Crippen MR) is 62.0 cm³/mol. The molecule has 4 heteroatoms. The molecule has 1 heterocycles. The summed E-state index contributed by atoms with van der Waals surface area (Å²) in [6, 6.07) is 0. The minimum atomic E-state index is -0.388. The molecule has 1 fully saturated rings. The Morgan fingerprint density at radius 1 is 1.20 bits per heavy atom. The van der Waals surface area contributed by atoms with Crippen molar-refractivity contribution in [2.75, 3.05) is 27.2 Å². The van der Waals surface area contributed by atoms with Crippen LogP contribution in [-0.2, 0) is 4.74 Å². The van der Waals surface area contributed by atoms with Crippen LogP contribution < -0.4 is 5.32 Å². The zero-order valence-corrected chi connectivity index (χ0v) is 10.6. The van der Waals surface area contributed by atoms with Crippen molar-refractivity contribution in [2.45, 2.75) is 39.2 Å². The number of carbonyl (C=O) groups is 1. The van der Waals surface area contributed by atoms with E-state index in [2.05, 4.69) is 5.32 Å². The molecule has 1 aliphatic heterocycles. The molecule has 0 aromatic rings. The molecule has 1 saturated heterocycles. The Balaban J connectivity index is 0.000000322. The molecule has 0 aromatic carbocycles. The van der Waals surface area contributed by atoms with Crippen LogP contribution >= 0.6 is 0 Å². The monoisotopic (exact) mass is 216 g/mol. The lowest BCUT2D eigenvalue weighted by Gasteiger charge is -2.22. The molecule has 0 aliphatic carbocycles. The number of rotatable bonds is 0. The summed E-state index contributed by atoms with van der Waals surface area (Å²) in [5.74, 6) is 0. The van der Waals surface area contributed by atoms with Gasteiger partial charge in [0.15, 0.2) is 0 Å². The molecular weight excluding hydrogens is 192 g/mol. The molecule has 0 unspecified atom stereocenters. The topological polar surface area (TPSA) is 41.6 Å². The quantitative estimate of drug-likeness (QED) is 0.672. The molecule has 1 amide bonds. The highest BCUT2D eigenvalue weighted by Crippen LogP contribution is 2.07. The summed E-state index contributed by atoms with van der Waals surface area (Å²) in [6.45, 7) is 8.02. The van der Waals surface area contributed by atoms with Crippen LogP contribution in [0.2, 0.25) is 0 Å². The van der Waals surface area contributed by atoms with E-state index in [9.17, 15) is 4.79 Å². The van der Waals surface area contributed by atoms with Crippen molar-refractivity contribution < 1.29 is 9.53 Å². The van der Waals surface area contributed by atoms with E-state index in [1.165, 1.54) is 30.8 Å². The van der Waals surface area contributed by atoms with Crippen molar-refractivity contribution >= 4 is 6.09 Å². The first-order chi connectivity index (χ1) is 6.83. The second-order valence-corrected chi connectivity index (χ2v) is 4.83. The molecule has 15 heavy (non-hydrogen) atoms. The zero-order chi connectivity index (χ0) is 11.9. The number of hydrogen-bond donors (Lipinski definition) is 1. The maximum Gasteiger partial charge on any atom is 0.409 e. The van der Waals surface area contributed by atoms with Crippen molar-refractivity contribution in [3.8, 4) is 0 Å². The Morgan fingerprint density at radius 3 is 1.80 bits per heavy atom. The fraction of sp³-hybridized carbons (Fsp3) is 0.909. The van der Waals surface area contributed by atoms with E-state index >= 15 is 0 Å². The van der Waals surface area contributed by atoms with Crippen LogP contribution in [0.1, 0.15) is 33.6 Å². The van der Waals surface area contributed by atoms with Gasteiger partial charge < -0.3 is 15.0 Å². The van der Waals surface area contributed by atoms with Crippen LogP contribution in [0.15, 0.2) is 0 Å². The van der Waals surface area contributed by atoms with Gasteiger partial charge in [-0.1, -0.05) is 0 Å². The lowest BCUT2D eigenvalue weighted by molar-refractivity contribution is 0.0341. The van der Waals surface area contributed by atoms with Crippen molar-refractivity contribution in [2.24, 2.45) is 0 Å². The largest absolute Gasteiger partial charge is 0.444 e. The third kappa shape index (κ3) is 9.53. The number of carbonyl (C=O) groups excluding carboxylic acids is 1. The highest BCUT2D eigenvalue weighted by Gasteiger charge is 2.16. The van der Waals surface area contributed by atoms with E-state index in [1.807, 2.05) is 20.8 Å². The average Bonchev–Trinajstić information content (AvgIpc) is 2.56. The standard InChI is InChI=1S/C7H15NO2.C4H9N/c1-7(2,3)10-6(9)8(4)5;1-2-4-5-3-1/h1-5H3;5H,1-4H2. The maximum absolute atomic E-state index is 10.9. The molecule has 4 nitrogen and oxygen atoms in total. The molecule has 1 aliphatic rings. The van der Waals surface area contributed by atoms with Gasteiger partial charge >= 0.3 is 6.09 Å². The minimum Gasteiger partial charge on any atom is -0.444 e. The molecule has 0 atom stereocenters. The van der Waals surface area contributed by atoms with Gasteiger partial charge in [0.05, 0.1) is 0 Å². The molecule has 0 saturated carbocycles. The van der Waals surface area contributed by atoms with Crippen LogP contribution in [0, 0.1) is 0 Å². The predicted octanol–water partition coefficient (Wildman–Crippen LogP) is 1.85. The number of nitrogens with zero attached hydrogens (tertiary/aromatic N) is 1. The van der Waals surface area contributed by atoms with Crippen LogP contribution in [-0.4, -0.2) is 43.8 Å². The van der Waals surface area contributed by atoms with Crippen LogP contribution in [0.4, 0.5) is 4.79 Å². The van der Waals surface area contributed by atoms with E-state index in [1.54, 1.807) is 14.1 Å². The van der Waals surface area contributed by atoms with E-state index in [0.29, 0.717) is 0 Å². The molecule has 0 aromatic heterocycles. The van der Waals surface area contributed by atoms with Crippen LogP contribution in [0.25, 0.3) is 0 Å². The Morgan fingerprint density at radius 2 is 1.67 bits per heavy atom. The van der Waals surface area contributed by atoms with Gasteiger partial charge in [0.2, 0.25) is 0 Å². The van der Waals surface area contributed by atoms with Crippen molar-refractivity contribution in [1.82, 2.24) is 10.2 Å².